The van der Waals surface area contributed by atoms with E-state index in [1.165, 1.54) is 7.11 Å². The van der Waals surface area contributed by atoms with Gasteiger partial charge >= 0.3 is 5.97 Å². The monoisotopic (exact) mass is 209 g/mol. The van der Waals surface area contributed by atoms with Crippen LogP contribution in [0.5, 0.6) is 5.75 Å². The van der Waals surface area contributed by atoms with E-state index in [1.54, 1.807) is 24.3 Å². The molecule has 0 saturated heterocycles. The molecule has 1 atom stereocenters. The molecule has 1 aromatic rings. The van der Waals surface area contributed by atoms with Crippen molar-refractivity contribution < 1.29 is 14.6 Å². The Morgan fingerprint density at radius 2 is 2.20 bits per heavy atom. The normalized spacial score (nSPS) is 12.1. The van der Waals surface area contributed by atoms with E-state index in [-0.39, 0.29) is 24.1 Å². The number of rotatable bonds is 4. The molecule has 0 amide bonds. The van der Waals surface area contributed by atoms with Crippen molar-refractivity contribution >= 4 is 5.97 Å². The highest BCUT2D eigenvalue weighted by Gasteiger charge is 2.17. The number of carbonyl (C=O) groups excluding carboxylic acids is 1. The zero-order chi connectivity index (χ0) is 11.3. The number of phenolic OH excluding ortho intramolecular Hbond substituents is 1. The third-order valence-electron chi connectivity index (χ3n) is 2.30. The first-order valence-corrected chi connectivity index (χ1v) is 4.73. The van der Waals surface area contributed by atoms with Crippen molar-refractivity contribution in [3.8, 4) is 5.75 Å². The van der Waals surface area contributed by atoms with E-state index in [0.717, 1.165) is 0 Å². The van der Waals surface area contributed by atoms with Crippen LogP contribution < -0.4 is 5.73 Å². The van der Waals surface area contributed by atoms with Crippen LogP contribution in [0.15, 0.2) is 24.3 Å². The van der Waals surface area contributed by atoms with Gasteiger partial charge in [0.25, 0.3) is 0 Å². The topological polar surface area (TPSA) is 72.5 Å². The lowest BCUT2D eigenvalue weighted by molar-refractivity contribution is -0.141. The van der Waals surface area contributed by atoms with Crippen LogP contribution in [0.4, 0.5) is 0 Å². The second kappa shape index (κ2) is 5.36. The van der Waals surface area contributed by atoms with Crippen molar-refractivity contribution in [3.63, 3.8) is 0 Å². The number of esters is 1. The summed E-state index contributed by atoms with van der Waals surface area (Å²) >= 11 is 0. The molecule has 1 aromatic carbocycles. The van der Waals surface area contributed by atoms with Gasteiger partial charge < -0.3 is 15.6 Å². The largest absolute Gasteiger partial charge is 0.508 e. The van der Waals surface area contributed by atoms with E-state index in [4.69, 9.17) is 5.73 Å². The van der Waals surface area contributed by atoms with Gasteiger partial charge in [0.2, 0.25) is 0 Å². The first-order valence-electron chi connectivity index (χ1n) is 4.73. The number of phenols is 1. The average Bonchev–Trinajstić information content (AvgIpc) is 2.26. The molecule has 0 aromatic heterocycles. The minimum atomic E-state index is -0.325. The van der Waals surface area contributed by atoms with Gasteiger partial charge in [-0.1, -0.05) is 18.2 Å². The van der Waals surface area contributed by atoms with Crippen molar-refractivity contribution in [2.24, 2.45) is 5.73 Å². The summed E-state index contributed by atoms with van der Waals surface area (Å²) in [5.41, 5.74) is 6.24. The zero-order valence-corrected chi connectivity index (χ0v) is 8.64. The summed E-state index contributed by atoms with van der Waals surface area (Å²) in [7, 11) is 1.33. The predicted octanol–water partition coefficient (Wildman–Crippen LogP) is 0.998. The Labute approximate surface area is 88.7 Å². The summed E-state index contributed by atoms with van der Waals surface area (Å²) in [5.74, 6) is -0.357. The highest BCUT2D eigenvalue weighted by atomic mass is 16.5. The van der Waals surface area contributed by atoms with Crippen LogP contribution in [-0.2, 0) is 9.53 Å². The number of aromatic hydroxyl groups is 1. The lowest BCUT2D eigenvalue weighted by atomic mass is 9.95. The molecule has 0 aliphatic carbocycles. The molecule has 0 heterocycles. The fourth-order valence-electron chi connectivity index (χ4n) is 1.44. The van der Waals surface area contributed by atoms with Crippen molar-refractivity contribution in [1.82, 2.24) is 0 Å². The summed E-state index contributed by atoms with van der Waals surface area (Å²) in [6, 6.07) is 6.87. The van der Waals surface area contributed by atoms with Crippen LogP contribution in [0.1, 0.15) is 17.9 Å². The zero-order valence-electron chi connectivity index (χ0n) is 8.64. The van der Waals surface area contributed by atoms with Gasteiger partial charge in [-0.3, -0.25) is 4.79 Å². The Morgan fingerprint density at radius 3 is 2.73 bits per heavy atom. The first-order chi connectivity index (χ1) is 7.19. The Balaban J connectivity index is 2.83. The smallest absolute Gasteiger partial charge is 0.306 e. The Kier molecular flexibility index (Phi) is 4.12. The van der Waals surface area contributed by atoms with Gasteiger partial charge in [-0.15, -0.1) is 0 Å². The average molecular weight is 209 g/mol. The Hall–Kier alpha value is -1.55. The van der Waals surface area contributed by atoms with E-state index in [0.29, 0.717) is 12.1 Å². The van der Waals surface area contributed by atoms with Crippen molar-refractivity contribution in [3.05, 3.63) is 29.8 Å². The van der Waals surface area contributed by atoms with Crippen molar-refractivity contribution in [2.75, 3.05) is 13.7 Å². The van der Waals surface area contributed by atoms with Crippen LogP contribution >= 0.6 is 0 Å². The van der Waals surface area contributed by atoms with Gasteiger partial charge in [0.15, 0.2) is 0 Å². The summed E-state index contributed by atoms with van der Waals surface area (Å²) in [4.78, 5) is 11.1. The molecule has 3 N–H and O–H groups in total. The van der Waals surface area contributed by atoms with E-state index in [9.17, 15) is 9.90 Å². The van der Waals surface area contributed by atoms with Crippen LogP contribution in [-0.4, -0.2) is 24.7 Å². The standard InChI is InChI=1S/C11H15NO3/c1-15-11(14)6-8(7-12)9-4-2-3-5-10(9)13/h2-5,8,13H,6-7,12H2,1H3. The fourth-order valence-corrected chi connectivity index (χ4v) is 1.44. The van der Waals surface area contributed by atoms with Crippen LogP contribution in [0.3, 0.4) is 0 Å². The molecule has 1 unspecified atom stereocenters. The third-order valence-corrected chi connectivity index (χ3v) is 2.30. The quantitative estimate of drug-likeness (QED) is 0.725. The second-order valence-corrected chi connectivity index (χ2v) is 3.27. The van der Waals surface area contributed by atoms with Gasteiger partial charge in [0.1, 0.15) is 5.75 Å². The number of benzene rings is 1. The fraction of sp³-hybridized carbons (Fsp3) is 0.364. The highest BCUT2D eigenvalue weighted by Crippen LogP contribution is 2.27. The van der Waals surface area contributed by atoms with Crippen molar-refractivity contribution in [1.29, 1.82) is 0 Å². The van der Waals surface area contributed by atoms with E-state index < -0.39 is 0 Å². The molecule has 1 rings (SSSR count). The van der Waals surface area contributed by atoms with Gasteiger partial charge in [0.05, 0.1) is 13.5 Å². The second-order valence-electron chi connectivity index (χ2n) is 3.27. The SMILES string of the molecule is COC(=O)CC(CN)c1ccccc1O. The molecular weight excluding hydrogens is 194 g/mol. The molecule has 15 heavy (non-hydrogen) atoms. The molecule has 0 radical (unpaired) electrons. The third kappa shape index (κ3) is 2.95. The molecule has 4 nitrogen and oxygen atoms in total. The Morgan fingerprint density at radius 1 is 1.53 bits per heavy atom. The van der Waals surface area contributed by atoms with Crippen LogP contribution in [0.25, 0.3) is 0 Å². The molecule has 0 aliphatic rings. The maximum atomic E-state index is 11.1. The van der Waals surface area contributed by atoms with Gasteiger partial charge in [-0.2, -0.15) is 0 Å². The number of para-hydroxylation sites is 1. The molecule has 0 aliphatic heterocycles. The highest BCUT2D eigenvalue weighted by molar-refractivity contribution is 5.70. The number of hydrogen-bond donors (Lipinski definition) is 2. The lowest BCUT2D eigenvalue weighted by Gasteiger charge is -2.14. The summed E-state index contributed by atoms with van der Waals surface area (Å²) < 4.78 is 4.57. The summed E-state index contributed by atoms with van der Waals surface area (Å²) in [5, 5.41) is 9.59. The number of methoxy groups -OCH3 is 1. The summed E-state index contributed by atoms with van der Waals surface area (Å²) in [6.07, 6.45) is 0.185. The van der Waals surface area contributed by atoms with Crippen LogP contribution in [0.2, 0.25) is 0 Å². The molecule has 82 valence electrons. The van der Waals surface area contributed by atoms with Crippen molar-refractivity contribution in [2.45, 2.75) is 12.3 Å². The van der Waals surface area contributed by atoms with Gasteiger partial charge in [-0.25, -0.2) is 0 Å². The number of nitrogens with two attached hydrogens (primary N) is 1. The maximum Gasteiger partial charge on any atom is 0.306 e. The molecule has 4 heteroatoms. The van der Waals surface area contributed by atoms with E-state index in [2.05, 4.69) is 4.74 Å². The number of carbonyl (C=O) groups is 1. The van der Waals surface area contributed by atoms with Gasteiger partial charge in [0, 0.05) is 5.92 Å². The molecule has 0 spiro atoms. The molecular formula is C11H15NO3. The molecule has 0 saturated carbocycles. The number of hydrogen-bond acceptors (Lipinski definition) is 4. The summed E-state index contributed by atoms with van der Waals surface area (Å²) in [6.45, 7) is 0.298. The minimum absolute atomic E-state index is 0.164. The Bertz CT molecular complexity index is 338. The van der Waals surface area contributed by atoms with Crippen LogP contribution in [0, 0.1) is 0 Å². The first kappa shape index (κ1) is 11.5. The lowest BCUT2D eigenvalue weighted by Crippen LogP contribution is -2.17. The maximum absolute atomic E-state index is 11.1. The predicted molar refractivity (Wildman–Crippen MR) is 56.5 cm³/mol. The number of ether oxygens (including phenoxy) is 1. The van der Waals surface area contributed by atoms with E-state index in [1.807, 2.05) is 0 Å². The molecule has 0 fully saturated rings. The van der Waals surface area contributed by atoms with Gasteiger partial charge in [-0.05, 0) is 18.2 Å². The minimum Gasteiger partial charge on any atom is -0.508 e. The molecule has 0 bridgehead atoms. The van der Waals surface area contributed by atoms with E-state index >= 15 is 0 Å².